The molecule has 1 aromatic carbocycles. The van der Waals surface area contributed by atoms with Crippen molar-refractivity contribution in [1.29, 1.82) is 0 Å². The Kier molecular flexibility index (Phi) is 7.81. The number of benzene rings is 1. The summed E-state index contributed by atoms with van der Waals surface area (Å²) in [5.74, 6) is 0.937. The molecule has 0 radical (unpaired) electrons. The van der Waals surface area contributed by atoms with E-state index in [0.29, 0.717) is 5.92 Å². The quantitative estimate of drug-likeness (QED) is 0.775. The highest BCUT2D eigenvalue weighted by atomic mass is 35.5. The van der Waals surface area contributed by atoms with Gasteiger partial charge in [0.25, 0.3) is 0 Å². The van der Waals surface area contributed by atoms with Crippen molar-refractivity contribution in [3.63, 3.8) is 0 Å². The third-order valence-corrected chi connectivity index (χ3v) is 5.78. The molecule has 1 aromatic heterocycles. The Morgan fingerprint density at radius 3 is 2.72 bits per heavy atom. The van der Waals surface area contributed by atoms with E-state index in [-0.39, 0.29) is 18.2 Å². The van der Waals surface area contributed by atoms with Crippen molar-refractivity contribution in [2.24, 2.45) is 5.92 Å². The summed E-state index contributed by atoms with van der Waals surface area (Å²) < 4.78 is 13.2. The minimum Gasteiger partial charge on any atom is -0.316 e. The molecular weight excluding hydrogens is 357 g/mol. The molecule has 3 nitrogen and oxygen atoms in total. The van der Waals surface area contributed by atoms with E-state index < -0.39 is 0 Å². The van der Waals surface area contributed by atoms with Crippen molar-refractivity contribution in [3.05, 3.63) is 51.7 Å². The summed E-state index contributed by atoms with van der Waals surface area (Å²) in [6.45, 7) is 9.61. The third kappa shape index (κ3) is 5.74. The van der Waals surface area contributed by atoms with Gasteiger partial charge in [-0.2, -0.15) is 0 Å². The minimum atomic E-state index is -0.167. The lowest BCUT2D eigenvalue weighted by atomic mass is 9.99. The second kappa shape index (κ2) is 9.62. The number of nitrogens with zero attached hydrogens (tertiary/aromatic N) is 2. The molecule has 1 N–H and O–H groups in total. The zero-order chi connectivity index (χ0) is 16.9. The predicted molar refractivity (Wildman–Crippen MR) is 105 cm³/mol. The van der Waals surface area contributed by atoms with Gasteiger partial charge in [0.15, 0.2) is 0 Å². The zero-order valence-electron chi connectivity index (χ0n) is 14.9. The monoisotopic (exact) mass is 383 g/mol. The average molecular weight is 384 g/mol. The summed E-state index contributed by atoms with van der Waals surface area (Å²) in [7, 11) is 0. The molecule has 2 aromatic rings. The van der Waals surface area contributed by atoms with Crippen LogP contribution in [0.25, 0.3) is 0 Å². The second-order valence-electron chi connectivity index (χ2n) is 6.87. The average Bonchev–Trinajstić information content (AvgIpc) is 3.20. The molecule has 138 valence electrons. The van der Waals surface area contributed by atoms with Gasteiger partial charge in [-0.1, -0.05) is 19.1 Å². The smallest absolute Gasteiger partial charge is 0.123 e. The maximum atomic E-state index is 13.2. The Balaban J connectivity index is 0.00000225. The number of aromatic nitrogens is 1. The number of hydrogen-bond donors (Lipinski definition) is 1. The number of rotatable bonds is 7. The van der Waals surface area contributed by atoms with Crippen LogP contribution in [0.1, 0.15) is 35.4 Å². The molecule has 0 amide bonds. The molecule has 1 aliphatic rings. The van der Waals surface area contributed by atoms with Crippen molar-refractivity contribution >= 4 is 23.7 Å². The number of thiazole rings is 1. The summed E-state index contributed by atoms with van der Waals surface area (Å²) >= 11 is 1.74. The molecule has 2 heterocycles. The standard InChI is InChI=1S/C19H26FN3S.ClH/c1-14(17-3-5-18(20)6-4-17)10-23(11-16-7-8-21-9-16)12-19-15(2)22-13-24-19;/h3-6,13-14,16,21H,7-12H2,1-2H3;1H. The van der Waals surface area contributed by atoms with Crippen LogP contribution in [-0.4, -0.2) is 36.1 Å². The van der Waals surface area contributed by atoms with E-state index in [1.807, 2.05) is 17.6 Å². The summed E-state index contributed by atoms with van der Waals surface area (Å²) in [5.41, 5.74) is 4.28. The first kappa shape index (κ1) is 20.3. The van der Waals surface area contributed by atoms with Gasteiger partial charge in [0.1, 0.15) is 5.82 Å². The van der Waals surface area contributed by atoms with Crippen molar-refractivity contribution in [1.82, 2.24) is 15.2 Å². The lowest BCUT2D eigenvalue weighted by molar-refractivity contribution is 0.220. The van der Waals surface area contributed by atoms with E-state index in [0.717, 1.165) is 44.3 Å². The number of nitrogens with one attached hydrogen (secondary N) is 1. The van der Waals surface area contributed by atoms with Gasteiger partial charge in [-0.05, 0) is 56.0 Å². The Bertz CT molecular complexity index is 640. The SMILES string of the molecule is Cc1ncsc1CN(CC1CCNC1)CC(C)c1ccc(F)cc1.Cl. The fourth-order valence-corrected chi connectivity index (χ4v) is 4.22. The van der Waals surface area contributed by atoms with E-state index in [1.54, 1.807) is 23.5 Å². The van der Waals surface area contributed by atoms with E-state index >= 15 is 0 Å². The molecule has 0 bridgehead atoms. The fourth-order valence-electron chi connectivity index (χ4n) is 3.40. The van der Waals surface area contributed by atoms with Gasteiger partial charge in [0, 0.05) is 24.5 Å². The van der Waals surface area contributed by atoms with Gasteiger partial charge in [-0.25, -0.2) is 9.37 Å². The molecule has 2 atom stereocenters. The van der Waals surface area contributed by atoms with E-state index in [2.05, 4.69) is 29.0 Å². The summed E-state index contributed by atoms with van der Waals surface area (Å²) in [5, 5.41) is 3.46. The van der Waals surface area contributed by atoms with Crippen LogP contribution in [0.15, 0.2) is 29.8 Å². The van der Waals surface area contributed by atoms with E-state index in [4.69, 9.17) is 0 Å². The first-order chi connectivity index (χ1) is 11.6. The van der Waals surface area contributed by atoms with Crippen LogP contribution in [0, 0.1) is 18.7 Å². The maximum absolute atomic E-state index is 13.2. The highest BCUT2D eigenvalue weighted by Gasteiger charge is 2.21. The lowest BCUT2D eigenvalue weighted by Crippen LogP contribution is -2.33. The van der Waals surface area contributed by atoms with Crippen LogP contribution in [0.4, 0.5) is 4.39 Å². The van der Waals surface area contributed by atoms with Crippen LogP contribution in [0.2, 0.25) is 0 Å². The van der Waals surface area contributed by atoms with Gasteiger partial charge in [0.2, 0.25) is 0 Å². The van der Waals surface area contributed by atoms with Crippen LogP contribution in [-0.2, 0) is 6.54 Å². The molecule has 1 saturated heterocycles. The zero-order valence-corrected chi connectivity index (χ0v) is 16.5. The first-order valence-electron chi connectivity index (χ1n) is 8.69. The fraction of sp³-hybridized carbons (Fsp3) is 0.526. The minimum absolute atomic E-state index is 0. The van der Waals surface area contributed by atoms with Crippen LogP contribution in [0.5, 0.6) is 0 Å². The summed E-state index contributed by atoms with van der Waals surface area (Å²) in [4.78, 5) is 8.29. The predicted octanol–water partition coefficient (Wildman–Crippen LogP) is 4.23. The van der Waals surface area contributed by atoms with Gasteiger partial charge in [0.05, 0.1) is 11.2 Å². The highest BCUT2D eigenvalue weighted by Crippen LogP contribution is 2.22. The molecule has 0 saturated carbocycles. The molecule has 1 aliphatic heterocycles. The molecular formula is C19H27ClFN3S. The summed E-state index contributed by atoms with van der Waals surface area (Å²) in [6.07, 6.45) is 1.25. The first-order valence-corrected chi connectivity index (χ1v) is 9.57. The molecule has 2 unspecified atom stereocenters. The Hall–Kier alpha value is -1.01. The van der Waals surface area contributed by atoms with E-state index in [1.165, 1.54) is 16.9 Å². The van der Waals surface area contributed by atoms with Crippen molar-refractivity contribution in [2.75, 3.05) is 26.2 Å². The Morgan fingerprint density at radius 2 is 2.12 bits per heavy atom. The molecule has 6 heteroatoms. The normalized spacial score (nSPS) is 18.3. The summed E-state index contributed by atoms with van der Waals surface area (Å²) in [6, 6.07) is 6.94. The Morgan fingerprint density at radius 1 is 1.36 bits per heavy atom. The number of halogens is 2. The lowest BCUT2D eigenvalue weighted by Gasteiger charge is -2.28. The van der Waals surface area contributed by atoms with Crippen molar-refractivity contribution < 1.29 is 4.39 Å². The van der Waals surface area contributed by atoms with Crippen molar-refractivity contribution in [3.8, 4) is 0 Å². The van der Waals surface area contributed by atoms with Gasteiger partial charge >= 0.3 is 0 Å². The molecule has 3 rings (SSSR count). The van der Waals surface area contributed by atoms with Crippen LogP contribution >= 0.6 is 23.7 Å². The molecule has 25 heavy (non-hydrogen) atoms. The molecule has 0 aliphatic carbocycles. The largest absolute Gasteiger partial charge is 0.316 e. The van der Waals surface area contributed by atoms with E-state index in [9.17, 15) is 4.39 Å². The Labute approximate surface area is 160 Å². The van der Waals surface area contributed by atoms with Gasteiger partial charge in [-0.3, -0.25) is 4.90 Å². The molecule has 1 fully saturated rings. The highest BCUT2D eigenvalue weighted by molar-refractivity contribution is 7.09. The van der Waals surface area contributed by atoms with Gasteiger partial charge in [-0.15, -0.1) is 23.7 Å². The number of aryl methyl sites for hydroxylation is 1. The van der Waals surface area contributed by atoms with Crippen LogP contribution < -0.4 is 5.32 Å². The van der Waals surface area contributed by atoms with Crippen LogP contribution in [0.3, 0.4) is 0 Å². The molecule has 0 spiro atoms. The second-order valence-corrected chi connectivity index (χ2v) is 7.81. The van der Waals surface area contributed by atoms with Crippen molar-refractivity contribution in [2.45, 2.75) is 32.7 Å². The topological polar surface area (TPSA) is 28.2 Å². The maximum Gasteiger partial charge on any atom is 0.123 e. The number of hydrogen-bond acceptors (Lipinski definition) is 4. The third-order valence-electron chi connectivity index (χ3n) is 4.86. The van der Waals surface area contributed by atoms with Gasteiger partial charge < -0.3 is 5.32 Å².